The van der Waals surface area contributed by atoms with Crippen LogP contribution in [0, 0.1) is 6.92 Å². The molecule has 3 nitrogen and oxygen atoms in total. The topological polar surface area (TPSA) is 37.8 Å². The fourth-order valence-electron chi connectivity index (χ4n) is 2.37. The van der Waals surface area contributed by atoms with Gasteiger partial charge in [0, 0.05) is 35.7 Å². The summed E-state index contributed by atoms with van der Waals surface area (Å²) in [4.78, 5) is 8.68. The lowest BCUT2D eigenvalue weighted by Gasteiger charge is -2.08. The van der Waals surface area contributed by atoms with E-state index in [1.54, 1.807) is 0 Å². The highest BCUT2D eigenvalue weighted by atomic mass is 14.9. The van der Waals surface area contributed by atoms with Crippen molar-refractivity contribution in [1.82, 2.24) is 9.97 Å². The first-order valence-corrected chi connectivity index (χ1v) is 6.82. The molecule has 0 bridgehead atoms. The molecular weight excluding hydrogens is 246 g/mol. The third kappa shape index (κ3) is 2.77. The van der Waals surface area contributed by atoms with Gasteiger partial charge in [-0.25, -0.2) is 0 Å². The van der Waals surface area contributed by atoms with Crippen molar-refractivity contribution in [2.24, 2.45) is 0 Å². The van der Waals surface area contributed by atoms with E-state index >= 15 is 0 Å². The number of hydrogen-bond donors (Lipinski definition) is 1. The number of fused-ring (bicyclic) bond motifs is 1. The average Bonchev–Trinajstić information content (AvgIpc) is 2.48. The molecule has 3 heteroatoms. The van der Waals surface area contributed by atoms with Gasteiger partial charge in [0.05, 0.1) is 5.52 Å². The van der Waals surface area contributed by atoms with E-state index < -0.39 is 0 Å². The van der Waals surface area contributed by atoms with Crippen molar-refractivity contribution in [3.05, 3.63) is 66.1 Å². The van der Waals surface area contributed by atoms with Crippen LogP contribution < -0.4 is 5.32 Å². The Hall–Kier alpha value is -2.42. The van der Waals surface area contributed by atoms with Crippen LogP contribution in [0.15, 0.2) is 54.9 Å². The SMILES string of the molecule is Cc1cc(NCCc2cccc3cccnc23)ccn1. The van der Waals surface area contributed by atoms with Crippen LogP contribution in [-0.2, 0) is 6.42 Å². The molecule has 0 aliphatic rings. The molecule has 0 aliphatic heterocycles. The van der Waals surface area contributed by atoms with Crippen molar-refractivity contribution >= 4 is 16.6 Å². The van der Waals surface area contributed by atoms with Gasteiger partial charge in [-0.15, -0.1) is 0 Å². The van der Waals surface area contributed by atoms with Crippen LogP contribution in [0.4, 0.5) is 5.69 Å². The Morgan fingerprint density at radius 2 is 1.90 bits per heavy atom. The first kappa shape index (κ1) is 12.6. The van der Waals surface area contributed by atoms with Crippen LogP contribution in [0.5, 0.6) is 0 Å². The number of hydrogen-bond acceptors (Lipinski definition) is 3. The minimum absolute atomic E-state index is 0.888. The van der Waals surface area contributed by atoms with E-state index in [1.165, 1.54) is 10.9 Å². The lowest BCUT2D eigenvalue weighted by molar-refractivity contribution is 1.02. The second-order valence-corrected chi connectivity index (χ2v) is 4.85. The Labute approximate surface area is 118 Å². The van der Waals surface area contributed by atoms with Crippen LogP contribution in [0.25, 0.3) is 10.9 Å². The summed E-state index contributed by atoms with van der Waals surface area (Å²) in [6.07, 6.45) is 4.64. The number of anilines is 1. The first-order valence-electron chi connectivity index (χ1n) is 6.82. The van der Waals surface area contributed by atoms with E-state index in [-0.39, 0.29) is 0 Å². The summed E-state index contributed by atoms with van der Waals surface area (Å²) in [5.74, 6) is 0. The Morgan fingerprint density at radius 1 is 1.00 bits per heavy atom. The summed E-state index contributed by atoms with van der Waals surface area (Å²) in [6.45, 7) is 2.89. The highest BCUT2D eigenvalue weighted by molar-refractivity contribution is 5.81. The number of nitrogens with zero attached hydrogens (tertiary/aromatic N) is 2. The molecule has 2 aromatic heterocycles. The summed E-state index contributed by atoms with van der Waals surface area (Å²) in [7, 11) is 0. The minimum atomic E-state index is 0.888. The second kappa shape index (κ2) is 5.70. The number of aromatic nitrogens is 2. The molecule has 1 aromatic carbocycles. The van der Waals surface area contributed by atoms with Crippen molar-refractivity contribution < 1.29 is 0 Å². The van der Waals surface area contributed by atoms with Crippen molar-refractivity contribution in [1.29, 1.82) is 0 Å². The summed E-state index contributed by atoms with van der Waals surface area (Å²) in [5, 5.41) is 4.63. The number of benzene rings is 1. The Morgan fingerprint density at radius 3 is 2.80 bits per heavy atom. The Bertz CT molecular complexity index is 717. The van der Waals surface area contributed by atoms with Gasteiger partial charge in [-0.2, -0.15) is 0 Å². The maximum absolute atomic E-state index is 4.48. The molecule has 0 aliphatic carbocycles. The Kier molecular flexibility index (Phi) is 3.59. The number of aryl methyl sites for hydroxylation is 1. The fraction of sp³-hybridized carbons (Fsp3) is 0.176. The van der Waals surface area contributed by atoms with Crippen LogP contribution in [0.1, 0.15) is 11.3 Å². The molecule has 3 aromatic rings. The molecule has 0 unspecified atom stereocenters. The van der Waals surface area contributed by atoms with E-state index in [2.05, 4.69) is 45.6 Å². The van der Waals surface area contributed by atoms with Crippen molar-refractivity contribution in [3.8, 4) is 0 Å². The van der Waals surface area contributed by atoms with Gasteiger partial charge in [0.1, 0.15) is 0 Å². The van der Waals surface area contributed by atoms with E-state index in [0.717, 1.165) is 29.9 Å². The lowest BCUT2D eigenvalue weighted by atomic mass is 10.1. The normalized spacial score (nSPS) is 10.7. The van der Waals surface area contributed by atoms with E-state index in [1.807, 2.05) is 31.5 Å². The number of para-hydroxylation sites is 1. The van der Waals surface area contributed by atoms with Gasteiger partial charge in [0.25, 0.3) is 0 Å². The highest BCUT2D eigenvalue weighted by Gasteiger charge is 2.01. The van der Waals surface area contributed by atoms with Gasteiger partial charge in [-0.3, -0.25) is 9.97 Å². The monoisotopic (exact) mass is 263 g/mol. The molecule has 0 amide bonds. The lowest BCUT2D eigenvalue weighted by Crippen LogP contribution is -2.05. The van der Waals surface area contributed by atoms with E-state index in [9.17, 15) is 0 Å². The predicted octanol–water partition coefficient (Wildman–Crippen LogP) is 3.59. The van der Waals surface area contributed by atoms with Crippen LogP contribution >= 0.6 is 0 Å². The van der Waals surface area contributed by atoms with Crippen LogP contribution in [0.2, 0.25) is 0 Å². The van der Waals surface area contributed by atoms with E-state index in [4.69, 9.17) is 0 Å². The van der Waals surface area contributed by atoms with E-state index in [0.29, 0.717) is 0 Å². The molecule has 0 atom stereocenters. The van der Waals surface area contributed by atoms with Crippen LogP contribution in [0.3, 0.4) is 0 Å². The molecule has 0 fully saturated rings. The van der Waals surface area contributed by atoms with Gasteiger partial charge in [-0.1, -0.05) is 24.3 Å². The highest BCUT2D eigenvalue weighted by Crippen LogP contribution is 2.16. The van der Waals surface area contributed by atoms with Gasteiger partial charge in [0.15, 0.2) is 0 Å². The number of nitrogens with one attached hydrogen (secondary N) is 1. The second-order valence-electron chi connectivity index (χ2n) is 4.85. The summed E-state index contributed by atoms with van der Waals surface area (Å²) in [6, 6.07) is 14.5. The molecule has 20 heavy (non-hydrogen) atoms. The zero-order chi connectivity index (χ0) is 13.8. The molecule has 0 spiro atoms. The molecular formula is C17H17N3. The van der Waals surface area contributed by atoms with Crippen molar-refractivity contribution in [2.45, 2.75) is 13.3 Å². The number of rotatable bonds is 4. The average molecular weight is 263 g/mol. The minimum Gasteiger partial charge on any atom is -0.385 e. The fourth-order valence-corrected chi connectivity index (χ4v) is 2.37. The molecule has 100 valence electrons. The molecule has 3 rings (SSSR count). The van der Waals surface area contributed by atoms with Crippen LogP contribution in [-0.4, -0.2) is 16.5 Å². The summed E-state index contributed by atoms with van der Waals surface area (Å²) >= 11 is 0. The maximum atomic E-state index is 4.48. The molecule has 1 N–H and O–H groups in total. The quantitative estimate of drug-likeness (QED) is 0.781. The third-order valence-corrected chi connectivity index (χ3v) is 3.34. The standard InChI is InChI=1S/C17H17N3/c1-13-12-16(8-11-18-13)19-10-7-15-5-2-4-14-6-3-9-20-17(14)15/h2-6,8-9,11-12H,7,10H2,1H3,(H,18,19). The zero-order valence-electron chi connectivity index (χ0n) is 11.5. The van der Waals surface area contributed by atoms with Gasteiger partial charge in [-0.05, 0) is 37.1 Å². The van der Waals surface area contributed by atoms with Gasteiger partial charge >= 0.3 is 0 Å². The summed E-state index contributed by atoms with van der Waals surface area (Å²) in [5.41, 5.74) is 4.52. The maximum Gasteiger partial charge on any atom is 0.0734 e. The van der Waals surface area contributed by atoms with Gasteiger partial charge < -0.3 is 5.32 Å². The smallest absolute Gasteiger partial charge is 0.0734 e. The first-order chi connectivity index (χ1) is 9.83. The summed E-state index contributed by atoms with van der Waals surface area (Å²) < 4.78 is 0. The molecule has 0 saturated carbocycles. The molecule has 2 heterocycles. The third-order valence-electron chi connectivity index (χ3n) is 3.34. The largest absolute Gasteiger partial charge is 0.385 e. The number of pyridine rings is 2. The zero-order valence-corrected chi connectivity index (χ0v) is 11.5. The van der Waals surface area contributed by atoms with Crippen molar-refractivity contribution in [3.63, 3.8) is 0 Å². The predicted molar refractivity (Wildman–Crippen MR) is 82.9 cm³/mol. The molecule has 0 radical (unpaired) electrons. The van der Waals surface area contributed by atoms with Crippen molar-refractivity contribution in [2.75, 3.05) is 11.9 Å². The molecule has 0 saturated heterocycles. The van der Waals surface area contributed by atoms with Gasteiger partial charge in [0.2, 0.25) is 0 Å². The Balaban J connectivity index is 1.71.